The number of aromatic nitrogens is 1. The number of carbonyl (C=O) groups excluding carboxylic acids is 1. The highest BCUT2D eigenvalue weighted by Gasteiger charge is 2.33. The first kappa shape index (κ1) is 14.4. The number of piperidine rings is 1. The third kappa shape index (κ3) is 2.61. The van der Waals surface area contributed by atoms with Crippen molar-refractivity contribution in [1.82, 2.24) is 4.98 Å². The van der Waals surface area contributed by atoms with Crippen LogP contribution in [0.25, 0.3) is 0 Å². The van der Waals surface area contributed by atoms with E-state index in [9.17, 15) is 14.9 Å². The minimum atomic E-state index is -0.829. The topological polar surface area (TPSA) is 121 Å². The van der Waals surface area contributed by atoms with Crippen LogP contribution in [0.3, 0.4) is 0 Å². The van der Waals surface area contributed by atoms with E-state index >= 15 is 0 Å². The van der Waals surface area contributed by atoms with Crippen LogP contribution in [-0.4, -0.2) is 41.8 Å². The van der Waals surface area contributed by atoms with E-state index in [0.717, 1.165) is 12.0 Å². The third-order valence-corrected chi connectivity index (χ3v) is 3.86. The van der Waals surface area contributed by atoms with Gasteiger partial charge in [0.25, 0.3) is 0 Å². The number of hydrogen-bond donors (Lipinski definition) is 1. The van der Waals surface area contributed by atoms with Crippen LogP contribution >= 0.6 is 0 Å². The van der Waals surface area contributed by atoms with Crippen molar-refractivity contribution in [2.24, 2.45) is 5.73 Å². The highest BCUT2D eigenvalue weighted by atomic mass is 16.6. The van der Waals surface area contributed by atoms with Gasteiger partial charge in [-0.15, -0.1) is 0 Å². The monoisotopic (exact) mass is 308 g/mol. The average Bonchev–Trinajstić information content (AvgIpc) is 2.93. The molecule has 2 aliphatic rings. The smallest absolute Gasteiger partial charge is 0.404 e. The van der Waals surface area contributed by atoms with Gasteiger partial charge in [0.1, 0.15) is 18.0 Å². The Hall–Kier alpha value is -2.58. The molecule has 2 aliphatic heterocycles. The molecule has 9 nitrogen and oxygen atoms in total. The zero-order valence-corrected chi connectivity index (χ0v) is 11.9. The Labute approximate surface area is 126 Å². The number of amides is 1. The maximum absolute atomic E-state index is 11.3. The molecule has 1 unspecified atom stereocenters. The molecule has 1 aromatic heterocycles. The van der Waals surface area contributed by atoms with Crippen molar-refractivity contribution in [3.63, 3.8) is 0 Å². The summed E-state index contributed by atoms with van der Waals surface area (Å²) in [6.45, 7) is 1.49. The fourth-order valence-electron chi connectivity index (χ4n) is 3.00. The molecular formula is C13H16N4O5. The number of nitrogens with two attached hydrogens (primary N) is 1. The Balaban J connectivity index is 1.94. The molecule has 1 aromatic rings. The normalized spacial score (nSPS) is 20.2. The van der Waals surface area contributed by atoms with Crippen molar-refractivity contribution in [2.45, 2.75) is 25.4 Å². The molecule has 1 amide bonds. The molecule has 2 N–H and O–H groups in total. The fourth-order valence-corrected chi connectivity index (χ4v) is 3.00. The van der Waals surface area contributed by atoms with Crippen molar-refractivity contribution in [2.75, 3.05) is 24.6 Å². The maximum Gasteiger partial charge on any atom is 0.404 e. The Morgan fingerprint density at radius 3 is 3.14 bits per heavy atom. The molecule has 22 heavy (non-hydrogen) atoms. The Kier molecular flexibility index (Phi) is 3.70. The molecule has 0 spiro atoms. The number of nitro groups is 1. The lowest BCUT2D eigenvalue weighted by atomic mass is 10.0. The lowest BCUT2D eigenvalue weighted by Crippen LogP contribution is -2.42. The van der Waals surface area contributed by atoms with Gasteiger partial charge in [-0.3, -0.25) is 10.1 Å². The molecule has 3 heterocycles. The largest absolute Gasteiger partial charge is 0.477 e. The van der Waals surface area contributed by atoms with E-state index in [1.165, 1.54) is 6.20 Å². The molecular weight excluding hydrogens is 292 g/mol. The Bertz CT molecular complexity index is 621. The number of primary amides is 1. The van der Waals surface area contributed by atoms with E-state index in [0.29, 0.717) is 44.1 Å². The first-order valence-corrected chi connectivity index (χ1v) is 7.06. The number of rotatable bonds is 3. The number of hydrogen-bond acceptors (Lipinski definition) is 7. The van der Waals surface area contributed by atoms with Gasteiger partial charge < -0.3 is 20.1 Å². The molecule has 0 aromatic carbocycles. The van der Waals surface area contributed by atoms with Crippen molar-refractivity contribution in [3.05, 3.63) is 21.9 Å². The number of anilines is 1. The number of carbonyl (C=O) groups is 1. The fraction of sp³-hybridized carbons (Fsp3) is 0.538. The van der Waals surface area contributed by atoms with Gasteiger partial charge in [-0.2, -0.15) is 0 Å². The van der Waals surface area contributed by atoms with Crippen molar-refractivity contribution in [1.29, 1.82) is 0 Å². The molecule has 118 valence electrons. The summed E-state index contributed by atoms with van der Waals surface area (Å²) in [6, 6.07) is 0. The minimum Gasteiger partial charge on any atom is -0.477 e. The number of fused-ring (bicyclic) bond motifs is 1. The molecule has 0 radical (unpaired) electrons. The van der Waals surface area contributed by atoms with Crippen LogP contribution in [0.4, 0.5) is 16.2 Å². The van der Waals surface area contributed by atoms with Gasteiger partial charge >= 0.3 is 11.8 Å². The van der Waals surface area contributed by atoms with Gasteiger partial charge in [0.2, 0.25) is 5.88 Å². The van der Waals surface area contributed by atoms with Crippen LogP contribution in [-0.2, 0) is 11.2 Å². The van der Waals surface area contributed by atoms with E-state index < -0.39 is 11.0 Å². The molecule has 3 rings (SSSR count). The highest BCUT2D eigenvalue weighted by molar-refractivity contribution is 5.71. The predicted octanol–water partition coefficient (Wildman–Crippen LogP) is 0.989. The van der Waals surface area contributed by atoms with Gasteiger partial charge in [-0.25, -0.2) is 9.78 Å². The lowest BCUT2D eigenvalue weighted by Gasteiger charge is -2.33. The van der Waals surface area contributed by atoms with Crippen molar-refractivity contribution in [3.8, 4) is 5.88 Å². The summed E-state index contributed by atoms with van der Waals surface area (Å²) in [4.78, 5) is 27.7. The molecule has 0 saturated carbocycles. The second-order valence-corrected chi connectivity index (χ2v) is 5.28. The predicted molar refractivity (Wildman–Crippen MR) is 76.0 cm³/mol. The summed E-state index contributed by atoms with van der Waals surface area (Å²) in [5.41, 5.74) is 6.27. The van der Waals surface area contributed by atoms with Gasteiger partial charge in [-0.05, 0) is 12.8 Å². The first-order chi connectivity index (χ1) is 10.6. The standard InChI is InChI=1S/C13H16N4O5/c14-13(18)22-8-2-1-4-16(7-8)11-9-3-5-21-12(9)15-6-10(11)17(19)20/h6,8H,1-5,7H2,(H2,14,18). The molecule has 1 atom stereocenters. The molecule has 0 aliphatic carbocycles. The number of pyridine rings is 1. The number of ether oxygens (including phenoxy) is 2. The lowest BCUT2D eigenvalue weighted by molar-refractivity contribution is -0.384. The van der Waals surface area contributed by atoms with Crippen LogP contribution in [0, 0.1) is 10.1 Å². The zero-order chi connectivity index (χ0) is 15.7. The summed E-state index contributed by atoms with van der Waals surface area (Å²) in [6.07, 6.45) is 2.06. The Morgan fingerprint density at radius 2 is 2.41 bits per heavy atom. The molecule has 1 fully saturated rings. The van der Waals surface area contributed by atoms with E-state index in [1.807, 2.05) is 4.90 Å². The average molecular weight is 308 g/mol. The van der Waals surface area contributed by atoms with E-state index in [-0.39, 0.29) is 11.8 Å². The Morgan fingerprint density at radius 1 is 1.59 bits per heavy atom. The highest BCUT2D eigenvalue weighted by Crippen LogP contribution is 2.40. The SMILES string of the molecule is NC(=O)OC1CCCN(c2c([N+](=O)[O-])cnc3c2CCO3)C1. The van der Waals surface area contributed by atoms with Gasteiger partial charge in [0.15, 0.2) is 0 Å². The van der Waals surface area contributed by atoms with Gasteiger partial charge in [-0.1, -0.05) is 0 Å². The van der Waals surface area contributed by atoms with Crippen LogP contribution in [0.1, 0.15) is 18.4 Å². The maximum atomic E-state index is 11.3. The van der Waals surface area contributed by atoms with E-state index in [1.54, 1.807) is 0 Å². The second-order valence-electron chi connectivity index (χ2n) is 5.28. The minimum absolute atomic E-state index is 0.0519. The van der Waals surface area contributed by atoms with E-state index in [4.69, 9.17) is 15.2 Å². The summed E-state index contributed by atoms with van der Waals surface area (Å²) in [5, 5.41) is 11.3. The van der Waals surface area contributed by atoms with Crippen LogP contribution in [0.2, 0.25) is 0 Å². The van der Waals surface area contributed by atoms with Crippen LogP contribution < -0.4 is 15.4 Å². The van der Waals surface area contributed by atoms with Crippen LogP contribution in [0.15, 0.2) is 6.20 Å². The quantitative estimate of drug-likeness (QED) is 0.652. The molecule has 1 saturated heterocycles. The van der Waals surface area contributed by atoms with Gasteiger partial charge in [0.05, 0.1) is 18.1 Å². The summed E-state index contributed by atoms with van der Waals surface area (Å²) in [5.74, 6) is 0.443. The summed E-state index contributed by atoms with van der Waals surface area (Å²) >= 11 is 0. The van der Waals surface area contributed by atoms with Crippen LogP contribution in [0.5, 0.6) is 5.88 Å². The summed E-state index contributed by atoms with van der Waals surface area (Å²) in [7, 11) is 0. The van der Waals surface area contributed by atoms with Crippen molar-refractivity contribution >= 4 is 17.5 Å². The second kappa shape index (κ2) is 5.66. The molecule has 0 bridgehead atoms. The van der Waals surface area contributed by atoms with Gasteiger partial charge in [0, 0.05) is 18.5 Å². The van der Waals surface area contributed by atoms with Crippen molar-refractivity contribution < 1.29 is 19.2 Å². The first-order valence-electron chi connectivity index (χ1n) is 7.06. The van der Waals surface area contributed by atoms with E-state index in [2.05, 4.69) is 4.98 Å². The molecule has 9 heteroatoms. The summed E-state index contributed by atoms with van der Waals surface area (Å²) < 4.78 is 10.4. The zero-order valence-electron chi connectivity index (χ0n) is 11.9. The number of nitrogens with zero attached hydrogens (tertiary/aromatic N) is 3. The third-order valence-electron chi connectivity index (χ3n) is 3.86.